The maximum absolute atomic E-state index is 10.0. The Morgan fingerprint density at radius 2 is 2.05 bits per heavy atom. The molecule has 0 radical (unpaired) electrons. The van der Waals surface area contributed by atoms with E-state index in [-0.39, 0.29) is 6.10 Å². The van der Waals surface area contributed by atoms with Gasteiger partial charge in [0.15, 0.2) is 0 Å². The molecule has 0 aromatic heterocycles. The molecule has 4 heteroatoms. The van der Waals surface area contributed by atoms with E-state index in [0.29, 0.717) is 13.2 Å². The van der Waals surface area contributed by atoms with Crippen molar-refractivity contribution in [2.45, 2.75) is 51.7 Å². The van der Waals surface area contributed by atoms with Crippen molar-refractivity contribution in [3.63, 3.8) is 0 Å². The second-order valence-electron chi connectivity index (χ2n) is 5.76. The summed E-state index contributed by atoms with van der Waals surface area (Å²) in [7, 11) is 1.66. The lowest BCUT2D eigenvalue weighted by Gasteiger charge is -2.24. The smallest absolute Gasteiger partial charge is 0.0900 e. The van der Waals surface area contributed by atoms with Crippen LogP contribution < -0.4 is 0 Å². The van der Waals surface area contributed by atoms with E-state index >= 15 is 0 Å². The number of methoxy groups -OCH3 is 1. The Bertz CT molecular complexity index is 225. The zero-order valence-electron chi connectivity index (χ0n) is 12.8. The molecule has 0 aromatic rings. The van der Waals surface area contributed by atoms with Gasteiger partial charge in [-0.1, -0.05) is 13.3 Å². The normalized spacial score (nSPS) is 24.9. The minimum absolute atomic E-state index is 0.0493. The third kappa shape index (κ3) is 7.25. The van der Waals surface area contributed by atoms with Crippen molar-refractivity contribution in [1.82, 2.24) is 4.90 Å². The van der Waals surface area contributed by atoms with Gasteiger partial charge in [-0.3, -0.25) is 0 Å². The molecule has 1 N–H and O–H groups in total. The van der Waals surface area contributed by atoms with Crippen LogP contribution in [0.3, 0.4) is 0 Å². The van der Waals surface area contributed by atoms with Gasteiger partial charge in [-0.15, -0.1) is 0 Å². The lowest BCUT2D eigenvalue weighted by Crippen LogP contribution is -2.36. The summed E-state index contributed by atoms with van der Waals surface area (Å²) in [5, 5.41) is 10.0. The molecule has 0 bridgehead atoms. The molecule has 114 valence electrons. The highest BCUT2D eigenvalue weighted by Crippen LogP contribution is 2.20. The highest BCUT2D eigenvalue weighted by Gasteiger charge is 2.18. The predicted molar refractivity (Wildman–Crippen MR) is 77.4 cm³/mol. The summed E-state index contributed by atoms with van der Waals surface area (Å²) in [4.78, 5) is 2.38. The topological polar surface area (TPSA) is 41.9 Å². The second kappa shape index (κ2) is 9.70. The maximum atomic E-state index is 10.0. The van der Waals surface area contributed by atoms with Crippen LogP contribution in [0.4, 0.5) is 0 Å². The fraction of sp³-hybridized carbons (Fsp3) is 1.00. The van der Waals surface area contributed by atoms with E-state index in [0.717, 1.165) is 25.6 Å². The van der Waals surface area contributed by atoms with Gasteiger partial charge < -0.3 is 19.5 Å². The van der Waals surface area contributed by atoms with Crippen molar-refractivity contribution >= 4 is 0 Å². The van der Waals surface area contributed by atoms with Gasteiger partial charge in [0, 0.05) is 13.7 Å². The van der Waals surface area contributed by atoms with E-state index in [1.54, 1.807) is 7.11 Å². The molecule has 3 atom stereocenters. The van der Waals surface area contributed by atoms with Gasteiger partial charge in [0.25, 0.3) is 0 Å². The van der Waals surface area contributed by atoms with Crippen LogP contribution in [0.5, 0.6) is 0 Å². The van der Waals surface area contributed by atoms with Crippen molar-refractivity contribution < 1.29 is 14.6 Å². The molecule has 0 amide bonds. The Hall–Kier alpha value is -0.160. The van der Waals surface area contributed by atoms with Crippen LogP contribution in [0.25, 0.3) is 0 Å². The molecule has 19 heavy (non-hydrogen) atoms. The average Bonchev–Trinajstić information content (AvgIpc) is 2.62. The number of likely N-dealkylation sites (tertiary alicyclic amines) is 1. The largest absolute Gasteiger partial charge is 0.389 e. The molecule has 1 heterocycles. The quantitative estimate of drug-likeness (QED) is 0.733. The number of aliphatic hydroxyl groups is 1. The van der Waals surface area contributed by atoms with Crippen molar-refractivity contribution in [1.29, 1.82) is 0 Å². The molecular weight excluding hydrogens is 242 g/mol. The highest BCUT2D eigenvalue weighted by atomic mass is 16.5. The molecule has 1 aliphatic rings. The van der Waals surface area contributed by atoms with Crippen molar-refractivity contribution in [2.75, 3.05) is 40.0 Å². The zero-order chi connectivity index (χ0) is 14.1. The predicted octanol–water partition coefficient (Wildman–Crippen LogP) is 1.91. The molecule has 0 saturated carbocycles. The molecule has 1 saturated heterocycles. The molecule has 1 rings (SSSR count). The van der Waals surface area contributed by atoms with E-state index in [2.05, 4.69) is 11.8 Å². The fourth-order valence-corrected chi connectivity index (χ4v) is 2.72. The molecule has 3 unspecified atom stereocenters. The number of β-amino-alcohol motifs (C(OH)–C–C–N with tert-alkyl or cyclic N) is 1. The fourth-order valence-electron chi connectivity index (χ4n) is 2.72. The Kier molecular flexibility index (Phi) is 8.62. The van der Waals surface area contributed by atoms with Gasteiger partial charge in [0.2, 0.25) is 0 Å². The lowest BCUT2D eigenvalue weighted by molar-refractivity contribution is -0.0395. The van der Waals surface area contributed by atoms with Crippen molar-refractivity contribution in [3.05, 3.63) is 0 Å². The summed E-state index contributed by atoms with van der Waals surface area (Å²) in [5.74, 6) is 0.875. The standard InChI is InChI=1S/C15H31NO3/c1-4-14-6-5-8-16(9-7-14)10-15(17)12-19-13(2)11-18-3/h13-15,17H,4-12H2,1-3H3. The van der Waals surface area contributed by atoms with Gasteiger partial charge >= 0.3 is 0 Å². The minimum atomic E-state index is -0.391. The SMILES string of the molecule is CCC1CCCN(CC(O)COC(C)COC)CC1. The Labute approximate surface area is 118 Å². The van der Waals surface area contributed by atoms with Gasteiger partial charge in [-0.05, 0) is 45.2 Å². The second-order valence-corrected chi connectivity index (χ2v) is 5.76. The molecule has 0 spiro atoms. The molecule has 0 aliphatic carbocycles. The van der Waals surface area contributed by atoms with Gasteiger partial charge in [-0.25, -0.2) is 0 Å². The van der Waals surface area contributed by atoms with E-state index in [4.69, 9.17) is 9.47 Å². The summed E-state index contributed by atoms with van der Waals surface area (Å²) < 4.78 is 10.6. The maximum Gasteiger partial charge on any atom is 0.0900 e. The number of hydrogen-bond acceptors (Lipinski definition) is 4. The van der Waals surface area contributed by atoms with Gasteiger partial charge in [0.1, 0.15) is 0 Å². The molecule has 0 aromatic carbocycles. The van der Waals surface area contributed by atoms with Crippen LogP contribution in [-0.4, -0.2) is 62.2 Å². The monoisotopic (exact) mass is 273 g/mol. The Morgan fingerprint density at radius 1 is 1.26 bits per heavy atom. The number of rotatable bonds is 8. The molecule has 1 aliphatic heterocycles. The molecule has 1 fully saturated rings. The first-order valence-electron chi connectivity index (χ1n) is 7.66. The van der Waals surface area contributed by atoms with Crippen LogP contribution in [0.2, 0.25) is 0 Å². The number of hydrogen-bond donors (Lipinski definition) is 1. The van der Waals surface area contributed by atoms with Gasteiger partial charge in [0.05, 0.1) is 25.4 Å². The minimum Gasteiger partial charge on any atom is -0.389 e. The van der Waals surface area contributed by atoms with E-state index < -0.39 is 6.10 Å². The lowest BCUT2D eigenvalue weighted by atomic mass is 9.98. The number of nitrogens with zero attached hydrogens (tertiary/aromatic N) is 1. The third-order valence-electron chi connectivity index (χ3n) is 3.96. The highest BCUT2D eigenvalue weighted by molar-refractivity contribution is 4.72. The van der Waals surface area contributed by atoms with E-state index in [1.165, 1.54) is 25.7 Å². The first kappa shape index (κ1) is 16.9. The summed E-state index contributed by atoms with van der Waals surface area (Å²) in [6.07, 6.45) is 4.81. The molecular formula is C15H31NO3. The van der Waals surface area contributed by atoms with Crippen LogP contribution >= 0.6 is 0 Å². The summed E-state index contributed by atoms with van der Waals surface area (Å²) in [5.41, 5.74) is 0. The van der Waals surface area contributed by atoms with E-state index in [9.17, 15) is 5.11 Å². The van der Waals surface area contributed by atoms with Crippen molar-refractivity contribution in [3.8, 4) is 0 Å². The first-order chi connectivity index (χ1) is 9.15. The van der Waals surface area contributed by atoms with Gasteiger partial charge in [-0.2, -0.15) is 0 Å². The van der Waals surface area contributed by atoms with E-state index in [1.807, 2.05) is 6.92 Å². The van der Waals surface area contributed by atoms with Crippen molar-refractivity contribution in [2.24, 2.45) is 5.92 Å². The van der Waals surface area contributed by atoms with Crippen LogP contribution in [0, 0.1) is 5.92 Å². The van der Waals surface area contributed by atoms with Crippen LogP contribution in [0.15, 0.2) is 0 Å². The average molecular weight is 273 g/mol. The summed E-state index contributed by atoms with van der Waals surface area (Å²) in [6.45, 7) is 8.18. The Balaban J connectivity index is 2.18. The first-order valence-corrected chi connectivity index (χ1v) is 7.66. The number of aliphatic hydroxyl groups excluding tert-OH is 1. The third-order valence-corrected chi connectivity index (χ3v) is 3.96. The molecule has 4 nitrogen and oxygen atoms in total. The van der Waals surface area contributed by atoms with Crippen LogP contribution in [-0.2, 0) is 9.47 Å². The zero-order valence-corrected chi connectivity index (χ0v) is 12.8. The number of ether oxygens (including phenoxy) is 2. The van der Waals surface area contributed by atoms with Crippen LogP contribution in [0.1, 0.15) is 39.5 Å². The summed E-state index contributed by atoms with van der Waals surface area (Å²) in [6, 6.07) is 0. The summed E-state index contributed by atoms with van der Waals surface area (Å²) >= 11 is 0. The Morgan fingerprint density at radius 3 is 2.74 bits per heavy atom.